The lowest BCUT2D eigenvalue weighted by Crippen LogP contribution is -2.57. The van der Waals surface area contributed by atoms with Gasteiger partial charge in [0.25, 0.3) is 0 Å². The topological polar surface area (TPSA) is 205 Å². The Balaban J connectivity index is 5.10. The van der Waals surface area contributed by atoms with Gasteiger partial charge in [0.15, 0.2) is 6.04 Å². The second-order valence-corrected chi connectivity index (χ2v) is 5.40. The SMILES string of the molecule is C[C@@H](O)[C@H](N)C(=O)N[C@@H](CCC(N)=O)C(=O)N[C@H](C(=O)O)[C@@H](C)O. The number of hydrogen-bond donors (Lipinski definition) is 7. The van der Waals surface area contributed by atoms with E-state index in [1.54, 1.807) is 0 Å². The number of primary amides is 1. The van der Waals surface area contributed by atoms with Crippen molar-refractivity contribution < 1.29 is 34.5 Å². The normalized spacial score (nSPS) is 17.0. The molecule has 0 aliphatic carbocycles. The molecule has 0 spiro atoms. The Bertz CT molecular complexity index is 481. The highest BCUT2D eigenvalue weighted by atomic mass is 16.4. The van der Waals surface area contributed by atoms with Gasteiger partial charge in [-0.2, -0.15) is 0 Å². The first-order valence-electron chi connectivity index (χ1n) is 7.21. The third kappa shape index (κ3) is 7.35. The van der Waals surface area contributed by atoms with E-state index in [0.29, 0.717) is 0 Å². The van der Waals surface area contributed by atoms with Gasteiger partial charge in [0.2, 0.25) is 17.7 Å². The van der Waals surface area contributed by atoms with Gasteiger partial charge in [-0.1, -0.05) is 0 Å². The average Bonchev–Trinajstić information content (AvgIpc) is 2.46. The highest BCUT2D eigenvalue weighted by Gasteiger charge is 2.31. The quantitative estimate of drug-likeness (QED) is 0.209. The maximum absolute atomic E-state index is 12.1. The number of nitrogens with two attached hydrogens (primary N) is 2. The molecule has 0 aromatic carbocycles. The van der Waals surface area contributed by atoms with Gasteiger partial charge in [0.1, 0.15) is 12.1 Å². The molecule has 0 fully saturated rings. The van der Waals surface area contributed by atoms with Crippen LogP contribution in [0.2, 0.25) is 0 Å². The average molecular weight is 348 g/mol. The summed E-state index contributed by atoms with van der Waals surface area (Å²) >= 11 is 0. The van der Waals surface area contributed by atoms with E-state index in [2.05, 4.69) is 10.6 Å². The molecular weight excluding hydrogens is 324 g/mol. The van der Waals surface area contributed by atoms with E-state index in [-0.39, 0.29) is 12.8 Å². The number of carbonyl (C=O) groups is 4. The molecule has 0 saturated carbocycles. The molecule has 11 heteroatoms. The Kier molecular flexibility index (Phi) is 8.89. The molecule has 3 amide bonds. The zero-order chi connectivity index (χ0) is 19.0. The first-order valence-corrected chi connectivity index (χ1v) is 7.21. The van der Waals surface area contributed by atoms with E-state index in [4.69, 9.17) is 16.6 Å². The fraction of sp³-hybridized carbons (Fsp3) is 0.692. The van der Waals surface area contributed by atoms with E-state index in [0.717, 1.165) is 0 Å². The Hall–Kier alpha value is -2.24. The van der Waals surface area contributed by atoms with Crippen LogP contribution in [0, 0.1) is 0 Å². The lowest BCUT2D eigenvalue weighted by molar-refractivity contribution is -0.145. The molecule has 0 radical (unpaired) electrons. The summed E-state index contributed by atoms with van der Waals surface area (Å²) in [5.41, 5.74) is 10.4. The molecule has 0 saturated heterocycles. The molecule has 0 bridgehead atoms. The molecule has 0 unspecified atom stereocenters. The summed E-state index contributed by atoms with van der Waals surface area (Å²) in [5, 5.41) is 31.9. The summed E-state index contributed by atoms with van der Waals surface area (Å²) < 4.78 is 0. The molecule has 9 N–H and O–H groups in total. The maximum Gasteiger partial charge on any atom is 0.328 e. The van der Waals surface area contributed by atoms with Crippen molar-refractivity contribution in [1.82, 2.24) is 10.6 Å². The molecule has 0 aromatic heterocycles. The van der Waals surface area contributed by atoms with Crippen molar-refractivity contribution in [3.8, 4) is 0 Å². The standard InChI is InChI=1S/C13H24N4O7/c1-5(18)9(15)12(22)16-7(3-4-8(14)20)11(21)17-10(6(2)19)13(23)24/h5-7,9-10,18-19H,3-4,15H2,1-2H3,(H2,14,20)(H,16,22)(H,17,21)(H,23,24)/t5-,6-,7+,9+,10+/m1/s1. The van der Waals surface area contributed by atoms with Gasteiger partial charge in [-0.15, -0.1) is 0 Å². The smallest absolute Gasteiger partial charge is 0.328 e. The van der Waals surface area contributed by atoms with Crippen molar-refractivity contribution in [2.45, 2.75) is 57.0 Å². The van der Waals surface area contributed by atoms with Gasteiger partial charge < -0.3 is 37.4 Å². The highest BCUT2D eigenvalue weighted by molar-refractivity contribution is 5.92. The van der Waals surface area contributed by atoms with E-state index < -0.39 is 54.0 Å². The second-order valence-electron chi connectivity index (χ2n) is 5.40. The second kappa shape index (κ2) is 9.80. The van der Waals surface area contributed by atoms with Gasteiger partial charge >= 0.3 is 5.97 Å². The Morgan fingerprint density at radius 2 is 1.54 bits per heavy atom. The van der Waals surface area contributed by atoms with E-state index >= 15 is 0 Å². The summed E-state index contributed by atoms with van der Waals surface area (Å²) in [6.07, 6.45) is -3.03. The summed E-state index contributed by atoms with van der Waals surface area (Å²) in [4.78, 5) is 45.9. The van der Waals surface area contributed by atoms with Gasteiger partial charge in [-0.25, -0.2) is 4.79 Å². The fourth-order valence-corrected chi connectivity index (χ4v) is 1.68. The number of carboxylic acid groups (broad SMARTS) is 1. The van der Waals surface area contributed by atoms with Crippen LogP contribution in [0.25, 0.3) is 0 Å². The van der Waals surface area contributed by atoms with Crippen molar-refractivity contribution >= 4 is 23.7 Å². The molecular formula is C13H24N4O7. The molecule has 24 heavy (non-hydrogen) atoms. The van der Waals surface area contributed by atoms with Gasteiger partial charge in [0, 0.05) is 6.42 Å². The lowest BCUT2D eigenvalue weighted by atomic mass is 10.1. The van der Waals surface area contributed by atoms with Crippen molar-refractivity contribution in [2.24, 2.45) is 11.5 Å². The predicted octanol–water partition coefficient (Wildman–Crippen LogP) is -3.60. The summed E-state index contributed by atoms with van der Waals surface area (Å²) in [7, 11) is 0. The monoisotopic (exact) mass is 348 g/mol. The molecule has 0 rings (SSSR count). The Labute approximate surface area is 138 Å². The molecule has 0 heterocycles. The number of rotatable bonds is 10. The number of aliphatic hydroxyl groups is 2. The molecule has 11 nitrogen and oxygen atoms in total. The number of nitrogens with one attached hydrogen (secondary N) is 2. The number of hydrogen-bond acceptors (Lipinski definition) is 7. The van der Waals surface area contributed by atoms with Crippen molar-refractivity contribution in [2.75, 3.05) is 0 Å². The molecule has 0 aliphatic rings. The lowest BCUT2D eigenvalue weighted by Gasteiger charge is -2.24. The van der Waals surface area contributed by atoms with Crippen LogP contribution in [0.1, 0.15) is 26.7 Å². The van der Waals surface area contributed by atoms with Crippen molar-refractivity contribution in [3.05, 3.63) is 0 Å². The van der Waals surface area contributed by atoms with Crippen LogP contribution in [-0.2, 0) is 19.2 Å². The Morgan fingerprint density at radius 3 is 1.92 bits per heavy atom. The van der Waals surface area contributed by atoms with Crippen molar-refractivity contribution in [3.63, 3.8) is 0 Å². The fourth-order valence-electron chi connectivity index (χ4n) is 1.68. The minimum absolute atomic E-state index is 0.203. The van der Waals surface area contributed by atoms with Crippen LogP contribution in [0.3, 0.4) is 0 Å². The minimum Gasteiger partial charge on any atom is -0.480 e. The molecule has 138 valence electrons. The van der Waals surface area contributed by atoms with Crippen molar-refractivity contribution in [1.29, 1.82) is 0 Å². The number of amides is 3. The minimum atomic E-state index is -1.60. The molecule has 0 aliphatic heterocycles. The third-order valence-electron chi connectivity index (χ3n) is 3.18. The van der Waals surface area contributed by atoms with Crippen LogP contribution < -0.4 is 22.1 Å². The number of carboxylic acids is 1. The van der Waals surface area contributed by atoms with E-state index in [1.807, 2.05) is 0 Å². The predicted molar refractivity (Wildman–Crippen MR) is 81.3 cm³/mol. The zero-order valence-electron chi connectivity index (χ0n) is 13.4. The van der Waals surface area contributed by atoms with Crippen LogP contribution >= 0.6 is 0 Å². The van der Waals surface area contributed by atoms with Crippen LogP contribution in [-0.4, -0.2) is 69.3 Å². The summed E-state index contributed by atoms with van der Waals surface area (Å²) in [5.74, 6) is -4.00. The number of aliphatic carboxylic acids is 1. The number of carbonyl (C=O) groups excluding carboxylic acids is 3. The third-order valence-corrected chi connectivity index (χ3v) is 3.18. The number of aliphatic hydroxyl groups excluding tert-OH is 2. The zero-order valence-corrected chi connectivity index (χ0v) is 13.4. The Morgan fingerprint density at radius 1 is 1.00 bits per heavy atom. The van der Waals surface area contributed by atoms with E-state index in [9.17, 15) is 29.4 Å². The first-order chi connectivity index (χ1) is 11.0. The van der Waals surface area contributed by atoms with E-state index in [1.165, 1.54) is 13.8 Å². The van der Waals surface area contributed by atoms with Gasteiger partial charge in [-0.05, 0) is 20.3 Å². The van der Waals surface area contributed by atoms with Crippen LogP contribution in [0.5, 0.6) is 0 Å². The first kappa shape index (κ1) is 21.8. The van der Waals surface area contributed by atoms with Crippen LogP contribution in [0.15, 0.2) is 0 Å². The highest BCUT2D eigenvalue weighted by Crippen LogP contribution is 2.02. The summed E-state index contributed by atoms with van der Waals surface area (Å²) in [6, 6.07) is -4.23. The maximum atomic E-state index is 12.1. The van der Waals surface area contributed by atoms with Gasteiger partial charge in [-0.3, -0.25) is 14.4 Å². The molecule has 5 atom stereocenters. The molecule has 0 aromatic rings. The van der Waals surface area contributed by atoms with Crippen LogP contribution in [0.4, 0.5) is 0 Å². The summed E-state index contributed by atoms with van der Waals surface area (Å²) in [6.45, 7) is 2.44. The largest absolute Gasteiger partial charge is 0.480 e. The van der Waals surface area contributed by atoms with Gasteiger partial charge in [0.05, 0.1) is 12.2 Å².